The van der Waals surface area contributed by atoms with Crippen LogP contribution in [-0.4, -0.2) is 22.1 Å². The first-order chi connectivity index (χ1) is 11.6. The number of amides is 1. The van der Waals surface area contributed by atoms with E-state index in [2.05, 4.69) is 27.4 Å². The summed E-state index contributed by atoms with van der Waals surface area (Å²) in [6.07, 6.45) is 6.59. The summed E-state index contributed by atoms with van der Waals surface area (Å²) in [6.45, 7) is 3.98. The number of benzene rings is 1. The Morgan fingerprint density at radius 3 is 2.58 bits per heavy atom. The molecule has 0 atom stereocenters. The molecule has 1 N–H and O–H groups in total. The molecule has 5 heteroatoms. The van der Waals surface area contributed by atoms with Gasteiger partial charge in [0.15, 0.2) is 5.16 Å². The van der Waals surface area contributed by atoms with Gasteiger partial charge in [-0.2, -0.15) is 0 Å². The third-order valence-electron chi connectivity index (χ3n) is 4.57. The third-order valence-corrected chi connectivity index (χ3v) is 5.11. The number of rotatable bonds is 5. The van der Waals surface area contributed by atoms with Gasteiger partial charge in [0.25, 0.3) is 0 Å². The summed E-state index contributed by atoms with van der Waals surface area (Å²) in [7, 11) is 0. The highest BCUT2D eigenvalue weighted by atomic mass is 32.2. The second kappa shape index (κ2) is 7.34. The summed E-state index contributed by atoms with van der Waals surface area (Å²) in [5, 5.41) is 3.81. The van der Waals surface area contributed by atoms with Crippen molar-refractivity contribution in [3.63, 3.8) is 0 Å². The van der Waals surface area contributed by atoms with E-state index in [1.54, 1.807) is 11.8 Å². The summed E-state index contributed by atoms with van der Waals surface area (Å²) in [5.74, 6) is 0.0423. The van der Waals surface area contributed by atoms with Crippen LogP contribution < -0.4 is 5.32 Å². The average Bonchev–Trinajstić information content (AvgIpc) is 3.01. The number of carbonyl (C=O) groups excluding carboxylic acids is 1. The standard InChI is InChI=1S/C19H23N3OS/c1-12-17(13(2)21-19(20-12)24-3)9-10-18(23)22-16-8-7-14-5-4-6-15(14)11-16/h7-8,11H,4-6,9-10H2,1-3H3,(H,22,23). The van der Waals surface area contributed by atoms with Crippen molar-refractivity contribution in [2.45, 2.75) is 51.1 Å². The molecule has 3 rings (SSSR count). The van der Waals surface area contributed by atoms with Crippen LogP contribution >= 0.6 is 11.8 Å². The maximum absolute atomic E-state index is 12.3. The van der Waals surface area contributed by atoms with Gasteiger partial charge in [0.1, 0.15) is 0 Å². The molecule has 0 unspecified atom stereocenters. The molecule has 1 heterocycles. The van der Waals surface area contributed by atoms with E-state index < -0.39 is 0 Å². The normalized spacial score (nSPS) is 13.0. The minimum atomic E-state index is 0.0423. The lowest BCUT2D eigenvalue weighted by molar-refractivity contribution is -0.116. The quantitative estimate of drug-likeness (QED) is 0.662. The van der Waals surface area contributed by atoms with Crippen molar-refractivity contribution in [1.82, 2.24) is 9.97 Å². The predicted octanol–water partition coefficient (Wildman–Crippen LogP) is 3.88. The average molecular weight is 341 g/mol. The lowest BCUT2D eigenvalue weighted by atomic mass is 10.1. The van der Waals surface area contributed by atoms with Crippen LogP contribution in [0.15, 0.2) is 23.4 Å². The molecule has 0 aliphatic heterocycles. The van der Waals surface area contributed by atoms with Gasteiger partial charge >= 0.3 is 0 Å². The first-order valence-corrected chi connectivity index (χ1v) is 9.59. The monoisotopic (exact) mass is 341 g/mol. The topological polar surface area (TPSA) is 54.9 Å². The Bertz CT molecular complexity index is 750. The first-order valence-electron chi connectivity index (χ1n) is 8.36. The first kappa shape index (κ1) is 17.0. The van der Waals surface area contributed by atoms with Crippen molar-refractivity contribution in [2.24, 2.45) is 0 Å². The van der Waals surface area contributed by atoms with E-state index in [1.807, 2.05) is 26.2 Å². The molecule has 126 valence electrons. The Morgan fingerprint density at radius 1 is 1.17 bits per heavy atom. The number of carbonyl (C=O) groups is 1. The van der Waals surface area contributed by atoms with E-state index in [0.29, 0.717) is 12.8 Å². The molecule has 24 heavy (non-hydrogen) atoms. The van der Waals surface area contributed by atoms with Crippen LogP contribution in [0.3, 0.4) is 0 Å². The summed E-state index contributed by atoms with van der Waals surface area (Å²) in [6, 6.07) is 6.27. The van der Waals surface area contributed by atoms with E-state index in [-0.39, 0.29) is 5.91 Å². The molecule has 0 spiro atoms. The fourth-order valence-corrected chi connectivity index (χ4v) is 3.73. The van der Waals surface area contributed by atoms with Crippen LogP contribution in [-0.2, 0) is 24.1 Å². The molecule has 1 aliphatic carbocycles. The Morgan fingerprint density at radius 2 is 1.88 bits per heavy atom. The van der Waals surface area contributed by atoms with Crippen molar-refractivity contribution < 1.29 is 4.79 Å². The summed E-state index contributed by atoms with van der Waals surface area (Å²) >= 11 is 1.54. The van der Waals surface area contributed by atoms with Crippen molar-refractivity contribution >= 4 is 23.4 Å². The van der Waals surface area contributed by atoms with Gasteiger partial charge in [-0.3, -0.25) is 4.79 Å². The zero-order valence-electron chi connectivity index (χ0n) is 14.5. The molecule has 1 amide bonds. The fraction of sp³-hybridized carbons (Fsp3) is 0.421. The van der Waals surface area contributed by atoms with Crippen LogP contribution in [0.5, 0.6) is 0 Å². The van der Waals surface area contributed by atoms with Crippen LogP contribution in [0.2, 0.25) is 0 Å². The number of hydrogen-bond donors (Lipinski definition) is 1. The molecule has 0 saturated heterocycles. The van der Waals surface area contributed by atoms with E-state index in [1.165, 1.54) is 17.5 Å². The Balaban J connectivity index is 1.62. The fourth-order valence-electron chi connectivity index (χ4n) is 3.27. The maximum atomic E-state index is 12.3. The second-order valence-electron chi connectivity index (χ2n) is 6.24. The van der Waals surface area contributed by atoms with Gasteiger partial charge in [0.05, 0.1) is 0 Å². The maximum Gasteiger partial charge on any atom is 0.224 e. The number of fused-ring (bicyclic) bond motifs is 1. The Hall–Kier alpha value is -1.88. The van der Waals surface area contributed by atoms with Crippen molar-refractivity contribution in [3.05, 3.63) is 46.3 Å². The van der Waals surface area contributed by atoms with E-state index in [4.69, 9.17) is 0 Å². The zero-order chi connectivity index (χ0) is 17.1. The highest BCUT2D eigenvalue weighted by molar-refractivity contribution is 7.98. The van der Waals surface area contributed by atoms with Crippen LogP contribution in [0.25, 0.3) is 0 Å². The summed E-state index contributed by atoms with van der Waals surface area (Å²) in [5.41, 5.74) is 6.72. The largest absolute Gasteiger partial charge is 0.326 e. The van der Waals surface area contributed by atoms with Gasteiger partial charge in [-0.1, -0.05) is 17.8 Å². The number of anilines is 1. The summed E-state index contributed by atoms with van der Waals surface area (Å²) in [4.78, 5) is 21.2. The lowest BCUT2D eigenvalue weighted by Gasteiger charge is -2.11. The van der Waals surface area contributed by atoms with E-state index >= 15 is 0 Å². The zero-order valence-corrected chi connectivity index (χ0v) is 15.3. The number of thioether (sulfide) groups is 1. The third kappa shape index (κ3) is 3.78. The van der Waals surface area contributed by atoms with Gasteiger partial charge in [-0.05, 0) is 74.6 Å². The van der Waals surface area contributed by atoms with Gasteiger partial charge < -0.3 is 5.32 Å². The van der Waals surface area contributed by atoms with Crippen molar-refractivity contribution in [3.8, 4) is 0 Å². The minimum Gasteiger partial charge on any atom is -0.326 e. The van der Waals surface area contributed by atoms with E-state index in [9.17, 15) is 4.79 Å². The van der Waals surface area contributed by atoms with Gasteiger partial charge in [-0.25, -0.2) is 9.97 Å². The minimum absolute atomic E-state index is 0.0423. The van der Waals surface area contributed by atoms with Crippen molar-refractivity contribution in [1.29, 1.82) is 0 Å². The molecule has 0 bridgehead atoms. The molecule has 1 aromatic heterocycles. The molecule has 1 aromatic carbocycles. The highest BCUT2D eigenvalue weighted by Gasteiger charge is 2.13. The molecule has 0 fully saturated rings. The molecular formula is C19H23N3OS. The van der Waals surface area contributed by atoms with Crippen LogP contribution in [0, 0.1) is 13.8 Å². The molecular weight excluding hydrogens is 318 g/mol. The second-order valence-corrected chi connectivity index (χ2v) is 7.02. The Kier molecular flexibility index (Phi) is 5.19. The number of nitrogens with zero attached hydrogens (tertiary/aromatic N) is 2. The van der Waals surface area contributed by atoms with Crippen LogP contribution in [0.4, 0.5) is 5.69 Å². The predicted molar refractivity (Wildman–Crippen MR) is 98.7 cm³/mol. The Labute approximate surface area is 147 Å². The van der Waals surface area contributed by atoms with E-state index in [0.717, 1.165) is 40.6 Å². The number of aromatic nitrogens is 2. The molecule has 1 aliphatic rings. The molecule has 4 nitrogen and oxygen atoms in total. The van der Waals surface area contributed by atoms with Crippen LogP contribution in [0.1, 0.15) is 40.9 Å². The SMILES string of the molecule is CSc1nc(C)c(CCC(=O)Nc2ccc3c(c2)CCC3)c(C)n1. The van der Waals surface area contributed by atoms with Gasteiger partial charge in [-0.15, -0.1) is 0 Å². The molecule has 2 aromatic rings. The molecule has 0 radical (unpaired) electrons. The summed E-state index contributed by atoms with van der Waals surface area (Å²) < 4.78 is 0. The van der Waals surface area contributed by atoms with Gasteiger partial charge in [0, 0.05) is 23.5 Å². The van der Waals surface area contributed by atoms with Crippen molar-refractivity contribution in [2.75, 3.05) is 11.6 Å². The highest BCUT2D eigenvalue weighted by Crippen LogP contribution is 2.25. The number of nitrogens with one attached hydrogen (secondary N) is 1. The number of aryl methyl sites for hydroxylation is 4. The van der Waals surface area contributed by atoms with Gasteiger partial charge in [0.2, 0.25) is 5.91 Å². The molecule has 0 saturated carbocycles. The lowest BCUT2D eigenvalue weighted by Crippen LogP contribution is -2.14. The number of hydrogen-bond acceptors (Lipinski definition) is 4. The smallest absolute Gasteiger partial charge is 0.224 e.